The molecule has 1 aromatic rings. The average Bonchev–Trinajstić information content (AvgIpc) is 2.76. The zero-order valence-corrected chi connectivity index (χ0v) is 10.2. The lowest BCUT2D eigenvalue weighted by molar-refractivity contribution is -0.118. The van der Waals surface area contributed by atoms with Crippen molar-refractivity contribution in [3.63, 3.8) is 0 Å². The molecule has 2 rings (SSSR count). The first-order valence-electron chi connectivity index (χ1n) is 5.56. The molecule has 0 aromatic heterocycles. The molecular weight excluding hydrogens is 236 g/mol. The van der Waals surface area contributed by atoms with Crippen LogP contribution < -0.4 is 19.6 Å². The summed E-state index contributed by atoms with van der Waals surface area (Å²) in [5, 5.41) is 3.81. The maximum absolute atomic E-state index is 10.7. The number of nitrogens with zero attached hydrogens (tertiary/aromatic N) is 1. The van der Waals surface area contributed by atoms with Crippen LogP contribution in [0.15, 0.2) is 17.2 Å². The van der Waals surface area contributed by atoms with E-state index in [9.17, 15) is 4.79 Å². The van der Waals surface area contributed by atoms with Crippen LogP contribution in [0.1, 0.15) is 19.4 Å². The van der Waals surface area contributed by atoms with Crippen LogP contribution in [-0.2, 0) is 4.79 Å². The van der Waals surface area contributed by atoms with Gasteiger partial charge in [-0.05, 0) is 13.0 Å². The summed E-state index contributed by atoms with van der Waals surface area (Å²) in [7, 11) is 0. The van der Waals surface area contributed by atoms with Gasteiger partial charge in [-0.1, -0.05) is 0 Å². The number of amides is 1. The summed E-state index contributed by atoms with van der Waals surface area (Å²) in [5.74, 6) is 1.69. The molecule has 0 bridgehead atoms. The molecule has 0 spiro atoms. The minimum Gasteiger partial charge on any atom is -0.493 e. The number of carbonyl (C=O) groups excluding carboxylic acids is 1. The molecular formula is C12H14N2O4. The number of ether oxygens (including phenoxy) is 3. The van der Waals surface area contributed by atoms with Crippen LogP contribution in [0.4, 0.5) is 0 Å². The van der Waals surface area contributed by atoms with E-state index in [1.165, 1.54) is 13.1 Å². The Morgan fingerprint density at radius 3 is 2.89 bits per heavy atom. The van der Waals surface area contributed by atoms with Crippen LogP contribution in [0.5, 0.6) is 17.2 Å². The minimum absolute atomic E-state index is 0.202. The maximum Gasteiger partial charge on any atom is 0.236 e. The number of hydrogen-bond donors (Lipinski definition) is 1. The molecule has 0 fully saturated rings. The first-order chi connectivity index (χ1) is 8.70. The van der Waals surface area contributed by atoms with Crippen LogP contribution >= 0.6 is 0 Å². The molecule has 1 aliphatic heterocycles. The first kappa shape index (κ1) is 12.2. The molecule has 1 N–H and O–H groups in total. The van der Waals surface area contributed by atoms with Crippen molar-refractivity contribution < 1.29 is 19.0 Å². The molecule has 96 valence electrons. The molecule has 0 saturated heterocycles. The van der Waals surface area contributed by atoms with Gasteiger partial charge >= 0.3 is 0 Å². The number of nitrogens with one attached hydrogen (secondary N) is 1. The van der Waals surface area contributed by atoms with Crippen molar-refractivity contribution >= 4 is 12.1 Å². The van der Waals surface area contributed by atoms with Crippen LogP contribution in [-0.4, -0.2) is 25.5 Å². The number of fused-ring (bicyclic) bond motifs is 1. The predicted octanol–water partition coefficient (Wildman–Crippen LogP) is 1.28. The summed E-state index contributed by atoms with van der Waals surface area (Å²) in [5.41, 5.74) is 3.05. The number of hydrazone groups is 1. The highest BCUT2D eigenvalue weighted by atomic mass is 16.7. The standard InChI is InChI=1S/C12H14N2O4/c1-3-16-10-5-12-11(17-7-18-12)4-9(10)6-13-14-8(2)15/h4-6H,3,7H2,1-2H3,(H,14,15)/b13-6-. The quantitative estimate of drug-likeness (QED) is 0.645. The molecule has 18 heavy (non-hydrogen) atoms. The van der Waals surface area contributed by atoms with E-state index in [0.29, 0.717) is 23.9 Å². The second-order valence-corrected chi connectivity index (χ2v) is 3.60. The highest BCUT2D eigenvalue weighted by Gasteiger charge is 2.17. The van der Waals surface area contributed by atoms with E-state index in [4.69, 9.17) is 14.2 Å². The van der Waals surface area contributed by atoms with Gasteiger partial charge < -0.3 is 14.2 Å². The molecule has 1 aromatic carbocycles. The Labute approximate surface area is 105 Å². The Balaban J connectivity index is 2.26. The summed E-state index contributed by atoms with van der Waals surface area (Å²) in [6.07, 6.45) is 1.51. The third kappa shape index (κ3) is 2.71. The fourth-order valence-corrected chi connectivity index (χ4v) is 1.51. The zero-order valence-electron chi connectivity index (χ0n) is 10.2. The summed E-state index contributed by atoms with van der Waals surface area (Å²) >= 11 is 0. The summed E-state index contributed by atoms with van der Waals surface area (Å²) in [6.45, 7) is 4.01. The van der Waals surface area contributed by atoms with Gasteiger partial charge in [-0.15, -0.1) is 0 Å². The van der Waals surface area contributed by atoms with E-state index >= 15 is 0 Å². The largest absolute Gasteiger partial charge is 0.493 e. The topological polar surface area (TPSA) is 69.2 Å². The van der Waals surface area contributed by atoms with Crippen LogP contribution in [0, 0.1) is 0 Å². The van der Waals surface area contributed by atoms with Crippen molar-refractivity contribution in [2.45, 2.75) is 13.8 Å². The van der Waals surface area contributed by atoms with Crippen molar-refractivity contribution in [1.82, 2.24) is 5.43 Å². The van der Waals surface area contributed by atoms with Gasteiger partial charge in [-0.3, -0.25) is 4.79 Å². The summed E-state index contributed by atoms with van der Waals surface area (Å²) in [6, 6.07) is 3.51. The molecule has 0 saturated carbocycles. The molecule has 0 unspecified atom stereocenters. The first-order valence-corrected chi connectivity index (χ1v) is 5.56. The number of carbonyl (C=O) groups is 1. The van der Waals surface area contributed by atoms with Crippen LogP contribution in [0.25, 0.3) is 0 Å². The fraction of sp³-hybridized carbons (Fsp3) is 0.333. The van der Waals surface area contributed by atoms with Gasteiger partial charge in [-0.25, -0.2) is 5.43 Å². The van der Waals surface area contributed by atoms with Crippen molar-refractivity contribution in [2.24, 2.45) is 5.10 Å². The second kappa shape index (κ2) is 5.39. The van der Waals surface area contributed by atoms with Crippen molar-refractivity contribution in [2.75, 3.05) is 13.4 Å². The third-order valence-electron chi connectivity index (χ3n) is 2.23. The van der Waals surface area contributed by atoms with E-state index in [1.54, 1.807) is 12.1 Å². The lowest BCUT2D eigenvalue weighted by atomic mass is 10.2. The van der Waals surface area contributed by atoms with Crippen LogP contribution in [0.2, 0.25) is 0 Å². The van der Waals surface area contributed by atoms with Gasteiger partial charge in [-0.2, -0.15) is 5.10 Å². The Bertz CT molecular complexity index is 485. The SMILES string of the molecule is CCOc1cc2c(cc1/C=N\NC(C)=O)OCO2. The van der Waals surface area contributed by atoms with Gasteiger partial charge in [0.05, 0.1) is 12.8 Å². The molecule has 6 nitrogen and oxygen atoms in total. The lowest BCUT2D eigenvalue weighted by Gasteiger charge is -2.08. The Hall–Kier alpha value is -2.24. The van der Waals surface area contributed by atoms with Crippen molar-refractivity contribution in [1.29, 1.82) is 0 Å². The smallest absolute Gasteiger partial charge is 0.236 e. The van der Waals surface area contributed by atoms with Gasteiger partial charge in [0.1, 0.15) is 5.75 Å². The highest BCUT2D eigenvalue weighted by Crippen LogP contribution is 2.37. The number of benzene rings is 1. The van der Waals surface area contributed by atoms with Crippen molar-refractivity contribution in [3.8, 4) is 17.2 Å². The lowest BCUT2D eigenvalue weighted by Crippen LogP contribution is -2.12. The normalized spacial score (nSPS) is 12.8. The molecule has 0 radical (unpaired) electrons. The molecule has 1 aliphatic rings. The Kier molecular flexibility index (Phi) is 3.66. The second-order valence-electron chi connectivity index (χ2n) is 3.60. The van der Waals surface area contributed by atoms with Crippen molar-refractivity contribution in [3.05, 3.63) is 17.7 Å². The zero-order chi connectivity index (χ0) is 13.0. The van der Waals surface area contributed by atoms with E-state index in [-0.39, 0.29) is 12.7 Å². The molecule has 1 amide bonds. The predicted molar refractivity (Wildman–Crippen MR) is 65.1 cm³/mol. The summed E-state index contributed by atoms with van der Waals surface area (Å²) in [4.78, 5) is 10.7. The summed E-state index contributed by atoms with van der Waals surface area (Å²) < 4.78 is 16.0. The van der Waals surface area contributed by atoms with Gasteiger partial charge in [0.15, 0.2) is 11.5 Å². The van der Waals surface area contributed by atoms with Gasteiger partial charge in [0.2, 0.25) is 12.7 Å². The van der Waals surface area contributed by atoms with E-state index in [2.05, 4.69) is 10.5 Å². The number of rotatable bonds is 4. The maximum atomic E-state index is 10.7. The molecule has 0 atom stereocenters. The van der Waals surface area contributed by atoms with Crippen LogP contribution in [0.3, 0.4) is 0 Å². The van der Waals surface area contributed by atoms with E-state index in [0.717, 1.165) is 5.56 Å². The Morgan fingerprint density at radius 1 is 1.50 bits per heavy atom. The Morgan fingerprint density at radius 2 is 2.22 bits per heavy atom. The highest BCUT2D eigenvalue weighted by molar-refractivity contribution is 5.86. The van der Waals surface area contributed by atoms with Gasteiger partial charge in [0.25, 0.3) is 0 Å². The third-order valence-corrected chi connectivity index (χ3v) is 2.23. The fourth-order valence-electron chi connectivity index (χ4n) is 1.51. The minimum atomic E-state index is -0.232. The monoisotopic (exact) mass is 250 g/mol. The van der Waals surface area contributed by atoms with E-state index < -0.39 is 0 Å². The molecule has 6 heteroatoms. The van der Waals surface area contributed by atoms with Gasteiger partial charge in [0, 0.05) is 18.6 Å². The van der Waals surface area contributed by atoms with E-state index in [1.807, 2.05) is 6.92 Å². The molecule has 1 heterocycles. The number of hydrogen-bond acceptors (Lipinski definition) is 5. The average molecular weight is 250 g/mol. The molecule has 0 aliphatic carbocycles.